The largest absolute Gasteiger partial charge is 0.479 e. The summed E-state index contributed by atoms with van der Waals surface area (Å²) in [6.07, 6.45) is -0.643. The molecule has 0 saturated heterocycles. The summed E-state index contributed by atoms with van der Waals surface area (Å²) in [4.78, 5) is 28.4. The molecule has 1 atom stereocenters. The number of amides is 2. The molecule has 1 aliphatic heterocycles. The van der Waals surface area contributed by atoms with Crippen molar-refractivity contribution in [1.29, 1.82) is 0 Å². The number of likely N-dealkylation sites (N-methyl/N-ethyl adjacent to an activating group) is 1. The number of benzene rings is 2. The number of para-hydroxylation sites is 2. The number of rotatable bonds is 5. The van der Waals surface area contributed by atoms with Gasteiger partial charge in [0.05, 0.1) is 5.69 Å². The number of carbonyl (C=O) groups is 2. The third-order valence-corrected chi connectivity index (χ3v) is 4.36. The second kappa shape index (κ2) is 7.56. The van der Waals surface area contributed by atoms with Gasteiger partial charge in [0.2, 0.25) is 5.91 Å². The van der Waals surface area contributed by atoms with E-state index < -0.39 is 6.10 Å². The molecular formula is C20H21FN2O3. The maximum absolute atomic E-state index is 13.4. The summed E-state index contributed by atoms with van der Waals surface area (Å²) in [6, 6.07) is 13.3. The molecule has 0 saturated carbocycles. The molecule has 0 N–H and O–H groups in total. The van der Waals surface area contributed by atoms with Gasteiger partial charge in [-0.3, -0.25) is 14.5 Å². The summed E-state index contributed by atoms with van der Waals surface area (Å²) >= 11 is 0. The van der Waals surface area contributed by atoms with Gasteiger partial charge in [-0.15, -0.1) is 0 Å². The second-order valence-corrected chi connectivity index (χ2v) is 6.19. The Labute approximate surface area is 152 Å². The first kappa shape index (κ1) is 17.9. The number of carbonyl (C=O) groups excluding carboxylic acids is 2. The molecule has 26 heavy (non-hydrogen) atoms. The minimum atomic E-state index is -0.643. The van der Waals surface area contributed by atoms with Crippen molar-refractivity contribution in [2.45, 2.75) is 26.5 Å². The van der Waals surface area contributed by atoms with Gasteiger partial charge in [-0.1, -0.05) is 24.3 Å². The van der Waals surface area contributed by atoms with Crippen LogP contribution >= 0.6 is 0 Å². The van der Waals surface area contributed by atoms with Crippen LogP contribution in [0.4, 0.5) is 10.1 Å². The van der Waals surface area contributed by atoms with E-state index in [9.17, 15) is 14.0 Å². The number of ether oxygens (including phenoxy) is 1. The van der Waals surface area contributed by atoms with Crippen molar-refractivity contribution >= 4 is 17.5 Å². The Kier molecular flexibility index (Phi) is 5.21. The van der Waals surface area contributed by atoms with Crippen LogP contribution in [0.15, 0.2) is 48.5 Å². The van der Waals surface area contributed by atoms with E-state index in [1.54, 1.807) is 42.2 Å². The molecule has 0 bridgehead atoms. The van der Waals surface area contributed by atoms with Gasteiger partial charge >= 0.3 is 0 Å². The Morgan fingerprint density at radius 2 is 2.00 bits per heavy atom. The SMILES string of the molecule is CCN(Cc1cccc(F)c1)C(=O)CN1C(=O)[C@@H](C)Oc2ccccc21. The van der Waals surface area contributed by atoms with Gasteiger partial charge in [-0.2, -0.15) is 0 Å². The topological polar surface area (TPSA) is 49.9 Å². The molecule has 0 aliphatic carbocycles. The predicted octanol–water partition coefficient (Wildman–Crippen LogP) is 2.99. The lowest BCUT2D eigenvalue weighted by molar-refractivity contribution is -0.133. The Hall–Kier alpha value is -2.89. The molecule has 0 spiro atoms. The fraction of sp³-hybridized carbons (Fsp3) is 0.300. The lowest BCUT2D eigenvalue weighted by Gasteiger charge is -2.34. The fourth-order valence-electron chi connectivity index (χ4n) is 2.99. The first-order chi connectivity index (χ1) is 12.5. The smallest absolute Gasteiger partial charge is 0.268 e. The number of hydrogen-bond acceptors (Lipinski definition) is 3. The quantitative estimate of drug-likeness (QED) is 0.828. The number of nitrogens with zero attached hydrogens (tertiary/aromatic N) is 2. The monoisotopic (exact) mass is 356 g/mol. The van der Waals surface area contributed by atoms with Gasteiger partial charge in [-0.25, -0.2) is 4.39 Å². The summed E-state index contributed by atoms with van der Waals surface area (Å²) in [5.41, 5.74) is 1.30. The van der Waals surface area contributed by atoms with Crippen LogP contribution in [0.2, 0.25) is 0 Å². The van der Waals surface area contributed by atoms with Crippen molar-refractivity contribution in [2.75, 3.05) is 18.0 Å². The molecular weight excluding hydrogens is 335 g/mol. The van der Waals surface area contributed by atoms with E-state index in [-0.39, 0.29) is 24.2 Å². The van der Waals surface area contributed by atoms with Gasteiger partial charge < -0.3 is 9.64 Å². The van der Waals surface area contributed by atoms with Gasteiger partial charge in [-0.05, 0) is 43.7 Å². The number of anilines is 1. The van der Waals surface area contributed by atoms with Crippen LogP contribution in [0.25, 0.3) is 0 Å². The molecule has 6 heteroatoms. The summed E-state index contributed by atoms with van der Waals surface area (Å²) in [7, 11) is 0. The van der Waals surface area contributed by atoms with Gasteiger partial charge in [0.15, 0.2) is 6.10 Å². The zero-order valence-electron chi connectivity index (χ0n) is 14.8. The lowest BCUT2D eigenvalue weighted by Crippen LogP contribution is -2.49. The molecule has 5 nitrogen and oxygen atoms in total. The van der Waals surface area contributed by atoms with Crippen LogP contribution in [0.3, 0.4) is 0 Å². The third kappa shape index (κ3) is 3.69. The highest BCUT2D eigenvalue weighted by Gasteiger charge is 2.33. The third-order valence-electron chi connectivity index (χ3n) is 4.36. The zero-order valence-corrected chi connectivity index (χ0v) is 14.8. The van der Waals surface area contributed by atoms with E-state index in [1.165, 1.54) is 17.0 Å². The van der Waals surface area contributed by atoms with Crippen molar-refractivity contribution in [1.82, 2.24) is 4.90 Å². The minimum Gasteiger partial charge on any atom is -0.479 e. The Morgan fingerprint density at radius 3 is 2.73 bits per heavy atom. The minimum absolute atomic E-state index is 0.0767. The van der Waals surface area contributed by atoms with E-state index >= 15 is 0 Å². The van der Waals surface area contributed by atoms with E-state index in [4.69, 9.17) is 4.74 Å². The van der Waals surface area contributed by atoms with Gasteiger partial charge in [0, 0.05) is 13.1 Å². The lowest BCUT2D eigenvalue weighted by atomic mass is 10.1. The first-order valence-corrected chi connectivity index (χ1v) is 8.59. The summed E-state index contributed by atoms with van der Waals surface area (Å²) in [5, 5.41) is 0. The normalized spacial score (nSPS) is 16.0. The van der Waals surface area contributed by atoms with E-state index in [0.29, 0.717) is 30.1 Å². The van der Waals surface area contributed by atoms with Crippen LogP contribution in [0.5, 0.6) is 5.75 Å². The number of halogens is 1. The van der Waals surface area contributed by atoms with Crippen LogP contribution in [0, 0.1) is 5.82 Å². The molecule has 2 aromatic carbocycles. The summed E-state index contributed by atoms with van der Waals surface area (Å²) < 4.78 is 19.0. The van der Waals surface area contributed by atoms with E-state index in [0.717, 1.165) is 0 Å². The molecule has 136 valence electrons. The highest BCUT2D eigenvalue weighted by molar-refractivity contribution is 6.03. The van der Waals surface area contributed by atoms with E-state index in [1.807, 2.05) is 13.0 Å². The first-order valence-electron chi connectivity index (χ1n) is 8.59. The maximum Gasteiger partial charge on any atom is 0.268 e. The molecule has 0 aromatic heterocycles. The van der Waals surface area contributed by atoms with Crippen molar-refractivity contribution in [2.24, 2.45) is 0 Å². The van der Waals surface area contributed by atoms with Crippen LogP contribution in [-0.2, 0) is 16.1 Å². The average molecular weight is 356 g/mol. The molecule has 1 heterocycles. The van der Waals surface area contributed by atoms with Crippen molar-refractivity contribution < 1.29 is 18.7 Å². The Bertz CT molecular complexity index is 824. The molecule has 2 aromatic rings. The van der Waals surface area contributed by atoms with Crippen molar-refractivity contribution in [3.8, 4) is 5.75 Å². The van der Waals surface area contributed by atoms with E-state index in [2.05, 4.69) is 0 Å². The predicted molar refractivity (Wildman–Crippen MR) is 96.4 cm³/mol. The second-order valence-electron chi connectivity index (χ2n) is 6.19. The summed E-state index contributed by atoms with van der Waals surface area (Å²) in [6.45, 7) is 4.20. The van der Waals surface area contributed by atoms with Gasteiger partial charge in [0.25, 0.3) is 5.91 Å². The zero-order chi connectivity index (χ0) is 18.7. The molecule has 0 radical (unpaired) electrons. The highest BCUT2D eigenvalue weighted by atomic mass is 19.1. The maximum atomic E-state index is 13.4. The Morgan fingerprint density at radius 1 is 1.23 bits per heavy atom. The Balaban J connectivity index is 1.78. The number of hydrogen-bond donors (Lipinski definition) is 0. The fourth-order valence-corrected chi connectivity index (χ4v) is 2.99. The highest BCUT2D eigenvalue weighted by Crippen LogP contribution is 2.33. The molecule has 1 aliphatic rings. The van der Waals surface area contributed by atoms with Crippen LogP contribution in [-0.4, -0.2) is 35.9 Å². The van der Waals surface area contributed by atoms with Crippen LogP contribution in [0.1, 0.15) is 19.4 Å². The molecule has 2 amide bonds. The average Bonchev–Trinajstić information content (AvgIpc) is 2.63. The standard InChI is InChI=1S/C20H21FN2O3/c1-3-22(12-15-7-6-8-16(21)11-15)19(24)13-23-17-9-4-5-10-18(17)26-14(2)20(23)25/h4-11,14H,3,12-13H2,1-2H3/t14-/m1/s1. The van der Waals surface area contributed by atoms with Crippen molar-refractivity contribution in [3.63, 3.8) is 0 Å². The van der Waals surface area contributed by atoms with Crippen molar-refractivity contribution in [3.05, 3.63) is 59.9 Å². The molecule has 3 rings (SSSR count). The summed E-state index contributed by atoms with van der Waals surface area (Å²) in [5.74, 6) is -0.203. The number of fused-ring (bicyclic) bond motifs is 1. The van der Waals surface area contributed by atoms with Gasteiger partial charge in [0.1, 0.15) is 18.1 Å². The van der Waals surface area contributed by atoms with Crippen LogP contribution < -0.4 is 9.64 Å². The molecule has 0 unspecified atom stereocenters. The molecule has 0 fully saturated rings.